The SMILES string of the molecule is CN(C)C(CNC(=O)COc1ccc(C2CCC(N(C)C(=O)c3ccc(Cl)cc3)CC2)cc1)c1cccs1. The van der Waals surface area contributed by atoms with Crippen LogP contribution in [-0.2, 0) is 4.79 Å². The van der Waals surface area contributed by atoms with Crippen LogP contribution >= 0.6 is 22.9 Å². The summed E-state index contributed by atoms with van der Waals surface area (Å²) in [7, 11) is 5.92. The number of ether oxygens (including phenoxy) is 1. The predicted octanol–water partition coefficient (Wildman–Crippen LogP) is 6.00. The Labute approximate surface area is 234 Å². The number of nitrogens with one attached hydrogen (secondary N) is 1. The molecule has 0 bridgehead atoms. The number of amides is 2. The van der Waals surface area contributed by atoms with Gasteiger partial charge in [-0.05, 0) is 99.1 Å². The van der Waals surface area contributed by atoms with E-state index in [2.05, 4.69) is 33.8 Å². The van der Waals surface area contributed by atoms with Crippen molar-refractivity contribution in [2.45, 2.75) is 43.7 Å². The van der Waals surface area contributed by atoms with Gasteiger partial charge in [0.2, 0.25) is 0 Å². The zero-order chi connectivity index (χ0) is 27.1. The monoisotopic (exact) mass is 553 g/mol. The fourth-order valence-electron chi connectivity index (χ4n) is 5.02. The van der Waals surface area contributed by atoms with Gasteiger partial charge in [-0.15, -0.1) is 11.3 Å². The molecule has 1 N–H and O–H groups in total. The van der Waals surface area contributed by atoms with Gasteiger partial charge in [-0.3, -0.25) is 9.59 Å². The van der Waals surface area contributed by atoms with E-state index in [1.54, 1.807) is 35.6 Å². The van der Waals surface area contributed by atoms with Crippen molar-refractivity contribution >= 4 is 34.8 Å². The van der Waals surface area contributed by atoms with E-state index in [1.165, 1.54) is 10.4 Å². The van der Waals surface area contributed by atoms with Gasteiger partial charge in [-0.2, -0.15) is 0 Å². The molecule has 4 rings (SSSR count). The molecule has 1 aliphatic carbocycles. The van der Waals surface area contributed by atoms with Crippen LogP contribution in [0.5, 0.6) is 5.75 Å². The molecule has 1 heterocycles. The second kappa shape index (κ2) is 13.3. The maximum absolute atomic E-state index is 12.9. The average Bonchev–Trinajstić information content (AvgIpc) is 3.46. The lowest BCUT2D eigenvalue weighted by Gasteiger charge is -2.35. The Hall–Kier alpha value is -2.87. The van der Waals surface area contributed by atoms with Crippen molar-refractivity contribution in [1.82, 2.24) is 15.1 Å². The van der Waals surface area contributed by atoms with E-state index in [0.29, 0.717) is 28.8 Å². The molecule has 8 heteroatoms. The Morgan fingerprint density at radius 1 is 1.00 bits per heavy atom. The summed E-state index contributed by atoms with van der Waals surface area (Å²) in [6, 6.07) is 19.7. The van der Waals surface area contributed by atoms with E-state index in [1.807, 2.05) is 44.2 Å². The molecule has 0 aliphatic heterocycles. The molecule has 1 saturated carbocycles. The highest BCUT2D eigenvalue weighted by Crippen LogP contribution is 2.35. The van der Waals surface area contributed by atoms with Gasteiger partial charge in [0.1, 0.15) is 5.75 Å². The third kappa shape index (κ3) is 7.37. The number of likely N-dealkylation sites (N-methyl/N-ethyl adjacent to an activating group) is 1. The fraction of sp³-hybridized carbons (Fsp3) is 0.400. The highest BCUT2D eigenvalue weighted by atomic mass is 35.5. The molecule has 6 nitrogen and oxygen atoms in total. The van der Waals surface area contributed by atoms with Gasteiger partial charge in [-0.25, -0.2) is 0 Å². The lowest BCUT2D eigenvalue weighted by atomic mass is 9.81. The summed E-state index contributed by atoms with van der Waals surface area (Å²) < 4.78 is 5.74. The van der Waals surface area contributed by atoms with Crippen molar-refractivity contribution in [3.63, 3.8) is 0 Å². The minimum atomic E-state index is -0.131. The first-order chi connectivity index (χ1) is 18.3. The molecule has 202 valence electrons. The van der Waals surface area contributed by atoms with Crippen LogP contribution < -0.4 is 10.1 Å². The van der Waals surface area contributed by atoms with Gasteiger partial charge in [0.25, 0.3) is 11.8 Å². The first-order valence-corrected chi connectivity index (χ1v) is 14.3. The highest BCUT2D eigenvalue weighted by molar-refractivity contribution is 7.10. The number of carbonyl (C=O) groups is 2. The van der Waals surface area contributed by atoms with Gasteiger partial charge in [0, 0.05) is 35.1 Å². The standard InChI is InChI=1S/C30H36ClN3O3S/c1-33(2)27(28-5-4-18-38-28)19-32-29(35)20-37-26-16-10-22(11-17-26)21-8-14-25(15-9-21)34(3)30(36)23-6-12-24(31)13-7-23/h4-7,10-13,16-18,21,25,27H,8-9,14-15,19-20H2,1-3H3,(H,32,35). The molecule has 0 spiro atoms. The fourth-order valence-corrected chi connectivity index (χ4v) is 6.07. The summed E-state index contributed by atoms with van der Waals surface area (Å²) in [5.41, 5.74) is 1.94. The zero-order valence-corrected chi connectivity index (χ0v) is 23.8. The first kappa shape index (κ1) is 28.1. The molecule has 0 radical (unpaired) electrons. The number of nitrogens with zero attached hydrogens (tertiary/aromatic N) is 2. The predicted molar refractivity (Wildman–Crippen MR) is 154 cm³/mol. The Morgan fingerprint density at radius 2 is 1.68 bits per heavy atom. The normalized spacial score (nSPS) is 18.1. The smallest absolute Gasteiger partial charge is 0.258 e. The van der Waals surface area contributed by atoms with Crippen LogP contribution in [0.1, 0.15) is 58.4 Å². The number of halogens is 1. The van der Waals surface area contributed by atoms with Crippen molar-refractivity contribution < 1.29 is 14.3 Å². The molecule has 0 saturated heterocycles. The Balaban J connectivity index is 1.21. The molecule has 1 fully saturated rings. The number of hydrogen-bond donors (Lipinski definition) is 1. The van der Waals surface area contributed by atoms with Gasteiger partial charge in [-0.1, -0.05) is 29.8 Å². The third-order valence-electron chi connectivity index (χ3n) is 7.36. The third-order valence-corrected chi connectivity index (χ3v) is 8.59. The molecule has 1 aliphatic rings. The number of carbonyl (C=O) groups excluding carboxylic acids is 2. The second-order valence-electron chi connectivity index (χ2n) is 10.1. The summed E-state index contributed by atoms with van der Waals surface area (Å²) in [5, 5.41) is 5.67. The lowest BCUT2D eigenvalue weighted by Crippen LogP contribution is -2.39. The van der Waals surface area contributed by atoms with E-state index in [9.17, 15) is 9.59 Å². The topological polar surface area (TPSA) is 61.9 Å². The van der Waals surface area contributed by atoms with E-state index in [-0.39, 0.29) is 30.5 Å². The maximum Gasteiger partial charge on any atom is 0.258 e. The van der Waals surface area contributed by atoms with Crippen molar-refractivity contribution in [2.24, 2.45) is 0 Å². The quantitative estimate of drug-likeness (QED) is 0.334. The van der Waals surface area contributed by atoms with Crippen molar-refractivity contribution in [3.8, 4) is 5.75 Å². The Kier molecular flexibility index (Phi) is 9.83. The molecule has 2 aromatic carbocycles. The number of benzene rings is 2. The first-order valence-electron chi connectivity index (χ1n) is 13.0. The van der Waals surface area contributed by atoms with Gasteiger partial charge in [0.15, 0.2) is 6.61 Å². The van der Waals surface area contributed by atoms with Crippen molar-refractivity contribution in [1.29, 1.82) is 0 Å². The van der Waals surface area contributed by atoms with Crippen LogP contribution in [0, 0.1) is 0 Å². The summed E-state index contributed by atoms with van der Waals surface area (Å²) in [5.74, 6) is 1.06. The summed E-state index contributed by atoms with van der Waals surface area (Å²) in [6.07, 6.45) is 4.00. The van der Waals surface area contributed by atoms with E-state index < -0.39 is 0 Å². The molecule has 2 amide bonds. The molecule has 3 aromatic rings. The molecule has 1 unspecified atom stereocenters. The molecular formula is C30H36ClN3O3S. The van der Waals surface area contributed by atoms with Crippen LogP contribution in [0.2, 0.25) is 5.02 Å². The number of hydrogen-bond acceptors (Lipinski definition) is 5. The van der Waals surface area contributed by atoms with Crippen LogP contribution in [0.25, 0.3) is 0 Å². The Morgan fingerprint density at radius 3 is 2.29 bits per heavy atom. The lowest BCUT2D eigenvalue weighted by molar-refractivity contribution is -0.123. The highest BCUT2D eigenvalue weighted by Gasteiger charge is 2.28. The van der Waals surface area contributed by atoms with Crippen LogP contribution in [0.4, 0.5) is 0 Å². The van der Waals surface area contributed by atoms with E-state index in [0.717, 1.165) is 25.7 Å². The molecule has 1 atom stereocenters. The van der Waals surface area contributed by atoms with Gasteiger partial charge in [0.05, 0.1) is 6.04 Å². The molecule has 38 heavy (non-hydrogen) atoms. The summed E-state index contributed by atoms with van der Waals surface area (Å²) >= 11 is 7.65. The van der Waals surface area contributed by atoms with Gasteiger partial charge < -0.3 is 19.9 Å². The number of rotatable bonds is 10. The zero-order valence-electron chi connectivity index (χ0n) is 22.2. The van der Waals surface area contributed by atoms with Crippen molar-refractivity contribution in [2.75, 3.05) is 34.3 Å². The van der Waals surface area contributed by atoms with Gasteiger partial charge >= 0.3 is 0 Å². The average molecular weight is 554 g/mol. The van der Waals surface area contributed by atoms with Crippen LogP contribution in [-0.4, -0.2) is 62.0 Å². The summed E-state index contributed by atoms with van der Waals surface area (Å²) in [4.78, 5) is 30.4. The minimum absolute atomic E-state index is 0.0109. The van der Waals surface area contributed by atoms with Crippen LogP contribution in [0.15, 0.2) is 66.0 Å². The minimum Gasteiger partial charge on any atom is -0.484 e. The summed E-state index contributed by atoms with van der Waals surface area (Å²) in [6.45, 7) is 0.529. The largest absolute Gasteiger partial charge is 0.484 e. The maximum atomic E-state index is 12.9. The van der Waals surface area contributed by atoms with E-state index >= 15 is 0 Å². The molecular weight excluding hydrogens is 518 g/mol. The number of thiophene rings is 1. The van der Waals surface area contributed by atoms with E-state index in [4.69, 9.17) is 16.3 Å². The van der Waals surface area contributed by atoms with Crippen LogP contribution in [0.3, 0.4) is 0 Å². The Bertz CT molecular complexity index is 1170. The van der Waals surface area contributed by atoms with Crippen molar-refractivity contribution in [3.05, 3.63) is 87.1 Å². The molecule has 1 aromatic heterocycles. The second-order valence-corrected chi connectivity index (χ2v) is 11.5.